The van der Waals surface area contributed by atoms with Crippen LogP contribution in [0, 0.1) is 0 Å². The van der Waals surface area contributed by atoms with Crippen LogP contribution in [0.5, 0.6) is 0 Å². The smallest absolute Gasteiger partial charge is 0.325 e. The lowest BCUT2D eigenvalue weighted by molar-refractivity contribution is -0.140. The van der Waals surface area contributed by atoms with Crippen LogP contribution < -0.4 is 5.32 Å². The summed E-state index contributed by atoms with van der Waals surface area (Å²) in [4.78, 5) is 42.1. The Morgan fingerprint density at radius 2 is 1.78 bits per heavy atom. The van der Waals surface area contributed by atoms with E-state index in [-0.39, 0.29) is 24.9 Å². The topological polar surface area (TPSA) is 82.9 Å². The van der Waals surface area contributed by atoms with E-state index in [0.29, 0.717) is 25.1 Å². The van der Waals surface area contributed by atoms with Crippen LogP contribution in [-0.2, 0) is 34.6 Å². The second kappa shape index (κ2) is 8.00. The Balaban J connectivity index is 1.37. The summed E-state index contributed by atoms with van der Waals surface area (Å²) >= 11 is 0. The van der Waals surface area contributed by atoms with Crippen LogP contribution in [0.3, 0.4) is 0 Å². The maximum absolute atomic E-state index is 13.4. The van der Waals surface area contributed by atoms with Crippen LogP contribution in [0.4, 0.5) is 4.79 Å². The molecule has 7 nitrogen and oxygen atoms in total. The monoisotopic (exact) mass is 429 g/mol. The maximum Gasteiger partial charge on any atom is 0.325 e. The number of hydrogen-bond acceptors (Lipinski definition) is 4. The summed E-state index contributed by atoms with van der Waals surface area (Å²) in [5.74, 6) is -0.0526. The van der Waals surface area contributed by atoms with Crippen molar-refractivity contribution in [2.75, 3.05) is 6.54 Å². The van der Waals surface area contributed by atoms with Crippen molar-refractivity contribution in [3.05, 3.63) is 95.4 Å². The molecule has 0 saturated carbocycles. The summed E-state index contributed by atoms with van der Waals surface area (Å²) in [6, 6.07) is 20.3. The number of aryl methyl sites for hydroxylation is 1. The minimum atomic E-state index is -1.07. The molecule has 0 unspecified atom stereocenters. The first kappa shape index (κ1) is 20.1. The molecule has 2 heterocycles. The fraction of sp³-hybridized carbons (Fsp3) is 0.240. The van der Waals surface area contributed by atoms with Crippen molar-refractivity contribution in [1.29, 1.82) is 0 Å². The van der Waals surface area contributed by atoms with Gasteiger partial charge < -0.3 is 14.6 Å². The molecule has 2 aliphatic rings. The lowest BCUT2D eigenvalue weighted by atomic mass is 9.92. The average Bonchev–Trinajstić information content (AvgIpc) is 3.51. The van der Waals surface area contributed by atoms with E-state index in [1.807, 2.05) is 54.6 Å². The second-order valence-electron chi connectivity index (χ2n) is 8.20. The molecule has 1 fully saturated rings. The summed E-state index contributed by atoms with van der Waals surface area (Å²) in [5, 5.41) is 2.87. The lowest BCUT2D eigenvalue weighted by Crippen LogP contribution is -2.44. The summed E-state index contributed by atoms with van der Waals surface area (Å²) in [6.45, 7) is 0.276. The van der Waals surface area contributed by atoms with E-state index in [4.69, 9.17) is 4.42 Å². The van der Waals surface area contributed by atoms with Gasteiger partial charge >= 0.3 is 6.03 Å². The Labute approximate surface area is 185 Å². The number of carbonyl (C=O) groups is 3. The number of furan rings is 1. The molecule has 1 saturated heterocycles. The zero-order chi connectivity index (χ0) is 22.1. The molecule has 0 radical (unpaired) electrons. The summed E-state index contributed by atoms with van der Waals surface area (Å²) in [5.41, 5.74) is 1.76. The van der Waals surface area contributed by atoms with E-state index >= 15 is 0 Å². The van der Waals surface area contributed by atoms with Crippen molar-refractivity contribution >= 4 is 17.8 Å². The highest BCUT2D eigenvalue weighted by Gasteiger charge is 2.55. The fourth-order valence-corrected chi connectivity index (χ4v) is 4.60. The van der Waals surface area contributed by atoms with Crippen molar-refractivity contribution in [2.45, 2.75) is 31.5 Å². The number of urea groups is 1. The Kier molecular flexibility index (Phi) is 5.01. The zero-order valence-corrected chi connectivity index (χ0v) is 17.5. The van der Waals surface area contributed by atoms with Crippen molar-refractivity contribution in [3.63, 3.8) is 0 Å². The van der Waals surface area contributed by atoms with Crippen molar-refractivity contribution in [1.82, 2.24) is 15.1 Å². The minimum Gasteiger partial charge on any atom is -0.467 e. The molecular formula is C25H23N3O4. The third-order valence-electron chi connectivity index (χ3n) is 6.21. The van der Waals surface area contributed by atoms with Gasteiger partial charge in [-0.25, -0.2) is 4.79 Å². The van der Waals surface area contributed by atoms with Crippen molar-refractivity contribution < 1.29 is 18.8 Å². The summed E-state index contributed by atoms with van der Waals surface area (Å²) in [6.07, 6.45) is 2.77. The van der Waals surface area contributed by atoms with Crippen molar-refractivity contribution in [2.24, 2.45) is 0 Å². The van der Waals surface area contributed by atoms with Gasteiger partial charge in [0.05, 0.1) is 12.8 Å². The molecule has 4 amide bonds. The molecule has 1 aromatic heterocycles. The molecule has 7 heteroatoms. The van der Waals surface area contributed by atoms with Crippen molar-refractivity contribution in [3.8, 4) is 0 Å². The molecule has 1 N–H and O–H groups in total. The molecular weight excluding hydrogens is 406 g/mol. The van der Waals surface area contributed by atoms with Gasteiger partial charge in [0, 0.05) is 6.54 Å². The van der Waals surface area contributed by atoms with Gasteiger partial charge in [0.25, 0.3) is 5.91 Å². The largest absolute Gasteiger partial charge is 0.467 e. The Hall–Kier alpha value is -3.87. The highest BCUT2D eigenvalue weighted by Crippen LogP contribution is 2.41. The number of imide groups is 1. The summed E-state index contributed by atoms with van der Waals surface area (Å²) in [7, 11) is 0. The summed E-state index contributed by atoms with van der Waals surface area (Å²) < 4.78 is 5.43. The molecule has 1 spiro atoms. The normalized spacial score (nSPS) is 19.3. The Morgan fingerprint density at radius 3 is 2.56 bits per heavy atom. The molecule has 1 aliphatic heterocycles. The lowest BCUT2D eigenvalue weighted by Gasteiger charge is -2.25. The number of carbonyl (C=O) groups excluding carboxylic acids is 3. The first-order valence-corrected chi connectivity index (χ1v) is 10.6. The van der Waals surface area contributed by atoms with E-state index in [1.54, 1.807) is 23.3 Å². The van der Waals surface area contributed by atoms with Crippen LogP contribution in [0.15, 0.2) is 77.4 Å². The zero-order valence-electron chi connectivity index (χ0n) is 17.5. The number of nitrogens with zero attached hydrogens (tertiary/aromatic N) is 2. The molecule has 1 aliphatic carbocycles. The average molecular weight is 429 g/mol. The molecule has 32 heavy (non-hydrogen) atoms. The van der Waals surface area contributed by atoms with Gasteiger partial charge in [0.2, 0.25) is 5.91 Å². The van der Waals surface area contributed by atoms with E-state index in [1.165, 1.54) is 0 Å². The fourth-order valence-electron chi connectivity index (χ4n) is 4.60. The molecule has 3 aromatic rings. The van der Waals surface area contributed by atoms with Crippen LogP contribution in [-0.4, -0.2) is 34.2 Å². The van der Waals surface area contributed by atoms with Gasteiger partial charge in [0.1, 0.15) is 17.8 Å². The van der Waals surface area contributed by atoms with E-state index in [2.05, 4.69) is 5.32 Å². The van der Waals surface area contributed by atoms with Gasteiger partial charge in [-0.05, 0) is 41.7 Å². The number of nitrogens with one attached hydrogen (secondary N) is 1. The van der Waals surface area contributed by atoms with Crippen LogP contribution in [0.25, 0.3) is 0 Å². The number of amides is 4. The molecule has 0 bridgehead atoms. The number of fused-ring (bicyclic) bond motifs is 2. The number of benzene rings is 2. The van der Waals surface area contributed by atoms with Gasteiger partial charge in [0.15, 0.2) is 0 Å². The van der Waals surface area contributed by atoms with E-state index in [9.17, 15) is 14.4 Å². The molecule has 2 aromatic carbocycles. The molecule has 5 rings (SSSR count). The van der Waals surface area contributed by atoms with Crippen LogP contribution in [0.1, 0.15) is 28.9 Å². The van der Waals surface area contributed by atoms with Crippen LogP contribution in [0.2, 0.25) is 0 Å². The highest BCUT2D eigenvalue weighted by molar-refractivity contribution is 6.09. The highest BCUT2D eigenvalue weighted by atomic mass is 16.3. The minimum absolute atomic E-state index is 0.248. The first-order valence-electron chi connectivity index (χ1n) is 10.6. The third-order valence-corrected chi connectivity index (χ3v) is 6.21. The second-order valence-corrected chi connectivity index (χ2v) is 8.20. The van der Waals surface area contributed by atoms with Crippen LogP contribution >= 0.6 is 0 Å². The van der Waals surface area contributed by atoms with E-state index < -0.39 is 11.6 Å². The Morgan fingerprint density at radius 1 is 1.00 bits per heavy atom. The first-order chi connectivity index (χ1) is 15.6. The predicted molar refractivity (Wildman–Crippen MR) is 116 cm³/mol. The van der Waals surface area contributed by atoms with Gasteiger partial charge in [-0.15, -0.1) is 0 Å². The SMILES string of the molecule is O=C(CN1C(=O)N[C@]2(CCc3ccccc32)C1=O)N(Cc1ccccc1)Cc1ccco1. The van der Waals surface area contributed by atoms with Gasteiger partial charge in [-0.2, -0.15) is 0 Å². The quantitative estimate of drug-likeness (QED) is 0.610. The molecule has 1 atom stereocenters. The van der Waals surface area contributed by atoms with Gasteiger partial charge in [-0.1, -0.05) is 54.6 Å². The van der Waals surface area contributed by atoms with Gasteiger partial charge in [-0.3, -0.25) is 14.5 Å². The Bertz CT molecular complexity index is 1160. The van der Waals surface area contributed by atoms with E-state index in [0.717, 1.165) is 21.6 Å². The third kappa shape index (κ3) is 3.45. The maximum atomic E-state index is 13.4. The standard InChI is InChI=1S/C25H23N3O4/c29-22(27(16-20-10-6-14-32-20)15-18-7-2-1-3-8-18)17-28-23(30)25(26-24(28)31)13-12-19-9-4-5-11-21(19)25/h1-11,14H,12-13,15-17H2,(H,26,31)/t25-/m0/s1. The number of rotatable bonds is 6. The number of hydrogen-bond donors (Lipinski definition) is 1. The predicted octanol–water partition coefficient (Wildman–Crippen LogP) is 3.20. The molecule has 162 valence electrons.